The minimum Gasteiger partial charge on any atom is -0.491 e. The number of aryl methyl sites for hydroxylation is 1. The van der Waals surface area contributed by atoms with Gasteiger partial charge in [0.05, 0.1) is 7.11 Å². The van der Waals surface area contributed by atoms with Gasteiger partial charge in [0, 0.05) is 45.0 Å². The third-order valence-electron chi connectivity index (χ3n) is 4.48. The Morgan fingerprint density at radius 2 is 1.96 bits per heavy atom. The number of hydrogen-bond donors (Lipinski definition) is 1. The van der Waals surface area contributed by atoms with Crippen molar-refractivity contribution in [2.45, 2.75) is 13.5 Å². The molecule has 2 heterocycles. The molecule has 1 saturated heterocycles. The van der Waals surface area contributed by atoms with Gasteiger partial charge in [0.2, 0.25) is 5.43 Å². The molecule has 0 unspecified atom stereocenters. The molecule has 1 N–H and O–H groups in total. The van der Waals surface area contributed by atoms with Gasteiger partial charge in [-0.2, -0.15) is 0 Å². The molecule has 1 aliphatic rings. The van der Waals surface area contributed by atoms with Crippen LogP contribution in [0.1, 0.15) is 21.6 Å². The lowest BCUT2D eigenvalue weighted by molar-refractivity contribution is 0.0622. The molecule has 0 spiro atoms. The number of H-pyrrole nitrogens is 1. The second-order valence-corrected chi connectivity index (χ2v) is 6.34. The minimum atomic E-state index is -0.289. The zero-order valence-electron chi connectivity index (χ0n) is 14.6. The van der Waals surface area contributed by atoms with Crippen LogP contribution >= 0.6 is 0 Å². The van der Waals surface area contributed by atoms with Crippen LogP contribution in [0.2, 0.25) is 0 Å². The molecule has 1 aliphatic heterocycles. The van der Waals surface area contributed by atoms with E-state index in [1.165, 1.54) is 30.5 Å². The number of aromatic nitrogens is 1. The molecule has 1 aromatic carbocycles. The number of methoxy groups -OCH3 is 1. The fraction of sp³-hybridized carbons (Fsp3) is 0.368. The van der Waals surface area contributed by atoms with Crippen LogP contribution in [0.4, 0.5) is 0 Å². The predicted octanol–water partition coefficient (Wildman–Crippen LogP) is 1.65. The summed E-state index contributed by atoms with van der Waals surface area (Å²) in [7, 11) is 1.43. The molecule has 3 rings (SSSR count). The van der Waals surface area contributed by atoms with Gasteiger partial charge in [-0.15, -0.1) is 0 Å². The van der Waals surface area contributed by atoms with E-state index in [4.69, 9.17) is 4.74 Å². The number of amides is 1. The highest BCUT2D eigenvalue weighted by molar-refractivity contribution is 5.92. The van der Waals surface area contributed by atoms with Crippen molar-refractivity contribution in [2.75, 3.05) is 33.3 Å². The molecule has 6 heteroatoms. The van der Waals surface area contributed by atoms with Crippen LogP contribution in [-0.2, 0) is 6.54 Å². The van der Waals surface area contributed by atoms with E-state index in [-0.39, 0.29) is 17.1 Å². The standard InChI is InChI=1S/C19H23N3O3/c1-14-4-3-5-15(10-14)13-21-6-8-22(9-7-21)19(24)16-11-17(23)18(25-2)12-20-16/h3-5,10-12H,6-9,13H2,1-2H3,(H,20,23). The van der Waals surface area contributed by atoms with Gasteiger partial charge in [0.15, 0.2) is 5.75 Å². The number of benzene rings is 1. The van der Waals surface area contributed by atoms with Crippen molar-refractivity contribution in [2.24, 2.45) is 0 Å². The van der Waals surface area contributed by atoms with E-state index >= 15 is 0 Å². The van der Waals surface area contributed by atoms with Crippen LogP contribution in [0.15, 0.2) is 41.3 Å². The van der Waals surface area contributed by atoms with Gasteiger partial charge in [-0.1, -0.05) is 29.8 Å². The van der Waals surface area contributed by atoms with Crippen LogP contribution in [0.25, 0.3) is 0 Å². The number of nitrogens with zero attached hydrogens (tertiary/aromatic N) is 2. The average molecular weight is 341 g/mol. The summed E-state index contributed by atoms with van der Waals surface area (Å²) >= 11 is 0. The monoisotopic (exact) mass is 341 g/mol. The highest BCUT2D eigenvalue weighted by atomic mass is 16.5. The lowest BCUT2D eigenvalue weighted by Crippen LogP contribution is -2.48. The summed E-state index contributed by atoms with van der Waals surface area (Å²) in [5, 5.41) is 0. The highest BCUT2D eigenvalue weighted by Crippen LogP contribution is 2.12. The summed E-state index contributed by atoms with van der Waals surface area (Å²) in [5.74, 6) is 0.0643. The maximum atomic E-state index is 12.6. The van der Waals surface area contributed by atoms with Gasteiger partial charge in [0.1, 0.15) is 5.69 Å². The number of aromatic amines is 1. The zero-order valence-corrected chi connectivity index (χ0v) is 14.6. The molecule has 1 amide bonds. The van der Waals surface area contributed by atoms with Crippen LogP contribution < -0.4 is 10.2 Å². The normalized spacial score (nSPS) is 15.2. The Morgan fingerprint density at radius 1 is 1.20 bits per heavy atom. The first kappa shape index (κ1) is 17.2. The van der Waals surface area contributed by atoms with Crippen molar-refractivity contribution >= 4 is 5.91 Å². The summed E-state index contributed by atoms with van der Waals surface area (Å²) in [4.78, 5) is 31.4. The molecular weight excluding hydrogens is 318 g/mol. The maximum absolute atomic E-state index is 12.6. The molecule has 25 heavy (non-hydrogen) atoms. The summed E-state index contributed by atoms with van der Waals surface area (Å²) in [6.07, 6.45) is 1.43. The Kier molecular flexibility index (Phi) is 5.19. The molecular formula is C19H23N3O3. The Balaban J connectivity index is 1.59. The fourth-order valence-electron chi connectivity index (χ4n) is 3.09. The van der Waals surface area contributed by atoms with Crippen LogP contribution in [0.3, 0.4) is 0 Å². The molecule has 0 saturated carbocycles. The molecule has 2 aromatic rings. The first-order chi connectivity index (χ1) is 12.1. The molecule has 1 aromatic heterocycles. The number of rotatable bonds is 4. The first-order valence-electron chi connectivity index (χ1n) is 8.40. The van der Waals surface area contributed by atoms with Gasteiger partial charge in [-0.05, 0) is 12.5 Å². The minimum absolute atomic E-state index is 0.144. The van der Waals surface area contributed by atoms with E-state index in [1.54, 1.807) is 4.90 Å². The predicted molar refractivity (Wildman–Crippen MR) is 96.0 cm³/mol. The summed E-state index contributed by atoms with van der Waals surface area (Å²) < 4.78 is 4.93. The molecule has 0 bridgehead atoms. The Hall–Kier alpha value is -2.60. The second kappa shape index (κ2) is 7.53. The smallest absolute Gasteiger partial charge is 0.270 e. The largest absolute Gasteiger partial charge is 0.491 e. The van der Waals surface area contributed by atoms with E-state index in [0.717, 1.165) is 19.6 Å². The lowest BCUT2D eigenvalue weighted by Gasteiger charge is -2.34. The maximum Gasteiger partial charge on any atom is 0.270 e. The molecule has 6 nitrogen and oxygen atoms in total. The molecule has 132 valence electrons. The molecule has 0 aliphatic carbocycles. The Bertz CT molecular complexity index is 808. The van der Waals surface area contributed by atoms with Crippen molar-refractivity contribution in [3.8, 4) is 5.75 Å². The van der Waals surface area contributed by atoms with E-state index in [1.807, 2.05) is 0 Å². The van der Waals surface area contributed by atoms with E-state index < -0.39 is 0 Å². The Labute approximate surface area is 147 Å². The number of piperazine rings is 1. The van der Waals surface area contributed by atoms with Gasteiger partial charge in [0.25, 0.3) is 5.91 Å². The van der Waals surface area contributed by atoms with Crippen molar-refractivity contribution < 1.29 is 9.53 Å². The molecule has 1 fully saturated rings. The topological polar surface area (TPSA) is 65.6 Å². The third kappa shape index (κ3) is 4.09. The highest BCUT2D eigenvalue weighted by Gasteiger charge is 2.23. The number of pyridine rings is 1. The summed E-state index contributed by atoms with van der Waals surface area (Å²) in [5.41, 5.74) is 2.56. The number of ether oxygens (including phenoxy) is 1. The Morgan fingerprint density at radius 3 is 2.60 bits per heavy atom. The van der Waals surface area contributed by atoms with Crippen LogP contribution in [-0.4, -0.2) is 54.0 Å². The number of hydrogen-bond acceptors (Lipinski definition) is 4. The SMILES string of the molecule is COc1c[nH]c(C(=O)N2CCN(Cc3cccc(C)c3)CC2)cc1=O. The first-order valence-corrected chi connectivity index (χ1v) is 8.40. The van der Waals surface area contributed by atoms with E-state index in [9.17, 15) is 9.59 Å². The van der Waals surface area contributed by atoms with E-state index in [0.29, 0.717) is 18.8 Å². The number of carbonyl (C=O) groups is 1. The summed E-state index contributed by atoms with van der Waals surface area (Å²) in [6.45, 7) is 5.93. The quantitative estimate of drug-likeness (QED) is 0.918. The number of carbonyl (C=O) groups excluding carboxylic acids is 1. The van der Waals surface area contributed by atoms with Gasteiger partial charge in [-0.25, -0.2) is 0 Å². The van der Waals surface area contributed by atoms with Crippen molar-refractivity contribution in [1.29, 1.82) is 0 Å². The number of nitrogens with one attached hydrogen (secondary N) is 1. The van der Waals surface area contributed by atoms with Crippen molar-refractivity contribution in [3.63, 3.8) is 0 Å². The van der Waals surface area contributed by atoms with Crippen LogP contribution in [0.5, 0.6) is 5.75 Å². The fourth-order valence-corrected chi connectivity index (χ4v) is 3.09. The summed E-state index contributed by atoms with van der Waals surface area (Å²) in [6, 6.07) is 9.80. The molecule has 0 atom stereocenters. The van der Waals surface area contributed by atoms with Crippen molar-refractivity contribution in [3.05, 3.63) is 63.6 Å². The van der Waals surface area contributed by atoms with E-state index in [2.05, 4.69) is 41.1 Å². The second-order valence-electron chi connectivity index (χ2n) is 6.34. The zero-order chi connectivity index (χ0) is 17.8. The van der Waals surface area contributed by atoms with Gasteiger partial charge >= 0.3 is 0 Å². The van der Waals surface area contributed by atoms with Gasteiger partial charge in [-0.3, -0.25) is 14.5 Å². The van der Waals surface area contributed by atoms with Gasteiger partial charge < -0.3 is 14.6 Å². The molecule has 0 radical (unpaired) electrons. The average Bonchev–Trinajstić information content (AvgIpc) is 2.62. The van der Waals surface area contributed by atoms with Crippen molar-refractivity contribution in [1.82, 2.24) is 14.8 Å². The third-order valence-corrected chi connectivity index (χ3v) is 4.48. The lowest BCUT2D eigenvalue weighted by atomic mass is 10.1. The van der Waals surface area contributed by atoms with Crippen LogP contribution in [0, 0.1) is 6.92 Å².